The first kappa shape index (κ1) is 15.5. The maximum Gasteiger partial charge on any atom is 0.0900 e. The van der Waals surface area contributed by atoms with Crippen LogP contribution in [0.4, 0.5) is 0 Å². The summed E-state index contributed by atoms with van der Waals surface area (Å²) >= 11 is 0. The summed E-state index contributed by atoms with van der Waals surface area (Å²) in [6, 6.07) is 11.2. The number of aliphatic hydroxyl groups excluding tert-OH is 1. The lowest BCUT2D eigenvalue weighted by atomic mass is 9.97. The highest BCUT2D eigenvalue weighted by Crippen LogP contribution is 2.22. The third kappa shape index (κ3) is 4.58. The van der Waals surface area contributed by atoms with E-state index in [1.54, 1.807) is 0 Å². The summed E-state index contributed by atoms with van der Waals surface area (Å²) in [5.74, 6) is 0. The Kier molecular flexibility index (Phi) is 6.02. The van der Waals surface area contributed by atoms with Crippen molar-refractivity contribution in [2.45, 2.75) is 57.9 Å². The molecule has 3 nitrogen and oxygen atoms in total. The predicted molar refractivity (Wildman–Crippen MR) is 81.6 cm³/mol. The summed E-state index contributed by atoms with van der Waals surface area (Å²) in [5.41, 5.74) is 1.15. The minimum atomic E-state index is -0.401. The van der Waals surface area contributed by atoms with Gasteiger partial charge in [-0.3, -0.25) is 4.90 Å². The minimum absolute atomic E-state index is 0.401. The second-order valence-corrected chi connectivity index (χ2v) is 5.98. The Hall–Kier alpha value is -0.900. The lowest BCUT2D eigenvalue weighted by Gasteiger charge is -2.40. The average molecular weight is 277 g/mol. The van der Waals surface area contributed by atoms with E-state index in [2.05, 4.69) is 18.7 Å². The molecule has 1 aliphatic rings. The molecule has 1 heterocycles. The minimum Gasteiger partial charge on any atom is -0.389 e. The zero-order valence-corrected chi connectivity index (χ0v) is 12.7. The lowest BCUT2D eigenvalue weighted by Crippen LogP contribution is -2.48. The van der Waals surface area contributed by atoms with Crippen molar-refractivity contribution in [3.8, 4) is 0 Å². The van der Waals surface area contributed by atoms with Gasteiger partial charge in [-0.15, -0.1) is 0 Å². The van der Waals surface area contributed by atoms with Gasteiger partial charge in [0.1, 0.15) is 0 Å². The van der Waals surface area contributed by atoms with Crippen LogP contribution in [0.15, 0.2) is 30.3 Å². The molecule has 0 aliphatic carbocycles. The van der Waals surface area contributed by atoms with Crippen LogP contribution in [0.1, 0.15) is 38.7 Å². The molecule has 0 amide bonds. The van der Waals surface area contributed by atoms with Crippen LogP contribution in [0.3, 0.4) is 0 Å². The van der Waals surface area contributed by atoms with Crippen LogP contribution >= 0.6 is 0 Å². The van der Waals surface area contributed by atoms with Crippen molar-refractivity contribution in [2.24, 2.45) is 0 Å². The largest absolute Gasteiger partial charge is 0.389 e. The second-order valence-electron chi connectivity index (χ2n) is 5.98. The van der Waals surface area contributed by atoms with Gasteiger partial charge in [-0.2, -0.15) is 0 Å². The van der Waals surface area contributed by atoms with E-state index in [-0.39, 0.29) is 0 Å². The average Bonchev–Trinajstić information content (AvgIpc) is 2.44. The van der Waals surface area contributed by atoms with E-state index >= 15 is 0 Å². The van der Waals surface area contributed by atoms with Gasteiger partial charge in [-0.25, -0.2) is 0 Å². The van der Waals surface area contributed by atoms with Crippen molar-refractivity contribution >= 4 is 0 Å². The van der Waals surface area contributed by atoms with Crippen molar-refractivity contribution in [3.05, 3.63) is 35.9 Å². The smallest absolute Gasteiger partial charge is 0.0900 e. The Morgan fingerprint density at radius 1 is 1.20 bits per heavy atom. The van der Waals surface area contributed by atoms with E-state index < -0.39 is 6.10 Å². The third-order valence-electron chi connectivity index (χ3n) is 4.22. The summed E-state index contributed by atoms with van der Waals surface area (Å²) in [4.78, 5) is 2.42. The highest BCUT2D eigenvalue weighted by Gasteiger charge is 2.26. The Labute approximate surface area is 122 Å². The Balaban J connectivity index is 1.70. The van der Waals surface area contributed by atoms with Gasteiger partial charge >= 0.3 is 0 Å². The molecule has 0 aromatic heterocycles. The fraction of sp³-hybridized carbons (Fsp3) is 0.647. The van der Waals surface area contributed by atoms with Crippen LogP contribution < -0.4 is 0 Å². The molecule has 1 aromatic carbocycles. The van der Waals surface area contributed by atoms with Crippen LogP contribution in [0.25, 0.3) is 0 Å². The molecule has 1 aliphatic heterocycles. The quantitative estimate of drug-likeness (QED) is 0.868. The van der Waals surface area contributed by atoms with Gasteiger partial charge in [0, 0.05) is 18.6 Å². The van der Waals surface area contributed by atoms with Crippen LogP contribution in [0, 0.1) is 0 Å². The van der Waals surface area contributed by atoms with Crippen LogP contribution in [0.2, 0.25) is 0 Å². The monoisotopic (exact) mass is 277 g/mol. The molecule has 1 saturated heterocycles. The second kappa shape index (κ2) is 7.77. The zero-order valence-electron chi connectivity index (χ0n) is 12.7. The molecular formula is C17H27NO2. The standard InChI is InChI=1S/C17H27NO2/c1-14-7-6-8-15(2)18(14)11-17(19)13-20-12-16-9-4-3-5-10-16/h3-5,9-10,14-15,17,19H,6-8,11-13H2,1-2H3/t14-,15-,17+/m0/s1. The van der Waals surface area contributed by atoms with Crippen LogP contribution in [0.5, 0.6) is 0 Å². The number of nitrogens with zero attached hydrogens (tertiary/aromatic N) is 1. The van der Waals surface area contributed by atoms with Crippen molar-refractivity contribution < 1.29 is 9.84 Å². The van der Waals surface area contributed by atoms with Crippen molar-refractivity contribution in [1.29, 1.82) is 0 Å². The van der Waals surface area contributed by atoms with Gasteiger partial charge in [0.2, 0.25) is 0 Å². The summed E-state index contributed by atoms with van der Waals surface area (Å²) in [7, 11) is 0. The maximum atomic E-state index is 10.1. The number of hydrogen-bond acceptors (Lipinski definition) is 3. The third-order valence-corrected chi connectivity index (χ3v) is 4.22. The van der Waals surface area contributed by atoms with Crippen molar-refractivity contribution in [3.63, 3.8) is 0 Å². The fourth-order valence-electron chi connectivity index (χ4n) is 3.02. The molecule has 0 unspecified atom stereocenters. The zero-order chi connectivity index (χ0) is 14.4. The molecule has 20 heavy (non-hydrogen) atoms. The SMILES string of the molecule is C[C@H]1CCC[C@H](C)N1C[C@@H](O)COCc1ccccc1. The van der Waals surface area contributed by atoms with Gasteiger partial charge < -0.3 is 9.84 Å². The molecule has 2 rings (SSSR count). The molecule has 3 heteroatoms. The number of β-amino-alcohol motifs (C(OH)–C–C–N with tert-alkyl or cyclic N) is 1. The molecule has 0 saturated carbocycles. The van der Waals surface area contributed by atoms with Crippen LogP contribution in [-0.4, -0.2) is 41.3 Å². The molecule has 0 spiro atoms. The normalized spacial score (nSPS) is 25.6. The Bertz CT molecular complexity index is 372. The molecule has 3 atom stereocenters. The van der Waals surface area contributed by atoms with Gasteiger partial charge in [-0.1, -0.05) is 36.8 Å². The predicted octanol–water partition coefficient (Wildman–Crippen LogP) is 2.83. The number of piperidine rings is 1. The van der Waals surface area contributed by atoms with E-state index in [9.17, 15) is 5.11 Å². The summed E-state index contributed by atoms with van der Waals surface area (Å²) < 4.78 is 5.62. The molecule has 112 valence electrons. The van der Waals surface area contributed by atoms with E-state index in [1.165, 1.54) is 19.3 Å². The van der Waals surface area contributed by atoms with Gasteiger partial charge in [-0.05, 0) is 32.3 Å². The van der Waals surface area contributed by atoms with E-state index in [0.29, 0.717) is 25.3 Å². The van der Waals surface area contributed by atoms with Crippen molar-refractivity contribution in [2.75, 3.05) is 13.2 Å². The number of aliphatic hydroxyl groups is 1. The molecule has 1 fully saturated rings. The Morgan fingerprint density at radius 3 is 2.50 bits per heavy atom. The fourth-order valence-corrected chi connectivity index (χ4v) is 3.02. The van der Waals surface area contributed by atoms with Gasteiger partial charge in [0.15, 0.2) is 0 Å². The number of benzene rings is 1. The van der Waals surface area contributed by atoms with Crippen LogP contribution in [-0.2, 0) is 11.3 Å². The highest BCUT2D eigenvalue weighted by atomic mass is 16.5. The summed E-state index contributed by atoms with van der Waals surface area (Å²) in [6.45, 7) is 6.21. The topological polar surface area (TPSA) is 32.7 Å². The highest BCUT2D eigenvalue weighted by molar-refractivity contribution is 5.13. The number of likely N-dealkylation sites (tertiary alicyclic amines) is 1. The van der Waals surface area contributed by atoms with E-state index in [4.69, 9.17) is 4.74 Å². The first-order chi connectivity index (χ1) is 9.66. The van der Waals surface area contributed by atoms with Gasteiger partial charge in [0.25, 0.3) is 0 Å². The summed E-state index contributed by atoms with van der Waals surface area (Å²) in [6.07, 6.45) is 3.38. The maximum absolute atomic E-state index is 10.1. The summed E-state index contributed by atoms with van der Waals surface area (Å²) in [5, 5.41) is 10.1. The molecular weight excluding hydrogens is 250 g/mol. The molecule has 1 aromatic rings. The van der Waals surface area contributed by atoms with Gasteiger partial charge in [0.05, 0.1) is 19.3 Å². The molecule has 0 bridgehead atoms. The first-order valence-corrected chi connectivity index (χ1v) is 7.72. The van der Waals surface area contributed by atoms with E-state index in [0.717, 1.165) is 12.1 Å². The molecule has 0 radical (unpaired) electrons. The van der Waals surface area contributed by atoms with E-state index in [1.807, 2.05) is 30.3 Å². The molecule has 1 N–H and O–H groups in total. The first-order valence-electron chi connectivity index (χ1n) is 7.72. The lowest BCUT2D eigenvalue weighted by molar-refractivity contribution is -0.0135. The Morgan fingerprint density at radius 2 is 1.85 bits per heavy atom. The number of rotatable bonds is 6. The number of hydrogen-bond donors (Lipinski definition) is 1. The number of ether oxygens (including phenoxy) is 1. The van der Waals surface area contributed by atoms with Crippen molar-refractivity contribution in [1.82, 2.24) is 4.90 Å².